The lowest BCUT2D eigenvalue weighted by Crippen LogP contribution is -2.54. The Morgan fingerprint density at radius 2 is 1.63 bits per heavy atom. The summed E-state index contributed by atoms with van der Waals surface area (Å²) in [6.45, 7) is 8.24. The molecule has 4 rings (SSSR count). The van der Waals surface area contributed by atoms with Crippen molar-refractivity contribution in [3.05, 3.63) is 92.0 Å². The second-order valence-corrected chi connectivity index (χ2v) is 9.70. The van der Waals surface area contributed by atoms with Gasteiger partial charge in [0.25, 0.3) is 11.8 Å². The standard InChI is InChI=1S/C29H26Cl2N2O5/c1-5-37-25-13-20(12-23(31)26(25)38-15-19-8-6-16(2)18(4)10-19)11-22-27(34)32-29(36)33(28(22)35)24-14-21(30)9-7-17(24)3/h6-14H,5,15H2,1-4H3,(H,32,34,36)/b22-11+. The number of rotatable bonds is 7. The SMILES string of the molecule is CCOc1cc(/C=C2\C(=O)NC(=O)N(c3cc(Cl)ccc3C)C2=O)cc(Cl)c1OCc1ccc(C)c(C)c1. The van der Waals surface area contributed by atoms with Gasteiger partial charge in [-0.25, -0.2) is 9.69 Å². The lowest BCUT2D eigenvalue weighted by atomic mass is 10.1. The Morgan fingerprint density at radius 1 is 0.895 bits per heavy atom. The predicted molar refractivity (Wildman–Crippen MR) is 148 cm³/mol. The lowest BCUT2D eigenvalue weighted by Gasteiger charge is -2.27. The van der Waals surface area contributed by atoms with E-state index in [0.29, 0.717) is 34.3 Å². The molecule has 38 heavy (non-hydrogen) atoms. The molecular formula is C29H26Cl2N2O5. The number of halogens is 2. The van der Waals surface area contributed by atoms with Gasteiger partial charge in [0.1, 0.15) is 12.2 Å². The molecule has 3 aromatic carbocycles. The summed E-state index contributed by atoms with van der Waals surface area (Å²) in [6.07, 6.45) is 1.36. The smallest absolute Gasteiger partial charge is 0.335 e. The fourth-order valence-electron chi connectivity index (χ4n) is 3.99. The normalized spacial score (nSPS) is 14.6. The van der Waals surface area contributed by atoms with E-state index in [-0.39, 0.29) is 22.9 Å². The summed E-state index contributed by atoms with van der Waals surface area (Å²) in [5.74, 6) is -0.897. The maximum Gasteiger partial charge on any atom is 0.335 e. The molecule has 0 aromatic heterocycles. The average molecular weight is 553 g/mol. The topological polar surface area (TPSA) is 84.9 Å². The number of imide groups is 2. The van der Waals surface area contributed by atoms with E-state index in [9.17, 15) is 14.4 Å². The van der Waals surface area contributed by atoms with Crippen molar-refractivity contribution in [3.8, 4) is 11.5 Å². The number of nitrogens with zero attached hydrogens (tertiary/aromatic N) is 1. The first-order valence-electron chi connectivity index (χ1n) is 11.9. The highest BCUT2D eigenvalue weighted by molar-refractivity contribution is 6.40. The van der Waals surface area contributed by atoms with Crippen LogP contribution in [-0.4, -0.2) is 24.5 Å². The maximum atomic E-state index is 13.3. The highest BCUT2D eigenvalue weighted by atomic mass is 35.5. The molecule has 1 saturated heterocycles. The summed E-state index contributed by atoms with van der Waals surface area (Å²) in [7, 11) is 0. The van der Waals surface area contributed by atoms with Crippen molar-refractivity contribution < 1.29 is 23.9 Å². The van der Waals surface area contributed by atoms with Crippen LogP contribution in [0.2, 0.25) is 10.0 Å². The molecule has 9 heteroatoms. The molecule has 0 spiro atoms. The molecule has 1 aliphatic heterocycles. The van der Waals surface area contributed by atoms with Gasteiger partial charge in [0.2, 0.25) is 0 Å². The number of carbonyl (C=O) groups is 3. The third kappa shape index (κ3) is 5.69. The first-order valence-corrected chi connectivity index (χ1v) is 12.7. The van der Waals surface area contributed by atoms with Gasteiger partial charge < -0.3 is 9.47 Å². The number of ether oxygens (including phenoxy) is 2. The van der Waals surface area contributed by atoms with Crippen molar-refractivity contribution in [2.45, 2.75) is 34.3 Å². The van der Waals surface area contributed by atoms with Crippen LogP contribution in [0.4, 0.5) is 10.5 Å². The Morgan fingerprint density at radius 3 is 2.34 bits per heavy atom. The quantitative estimate of drug-likeness (QED) is 0.265. The van der Waals surface area contributed by atoms with Gasteiger partial charge in [-0.1, -0.05) is 47.5 Å². The minimum absolute atomic E-state index is 0.244. The minimum atomic E-state index is -0.856. The zero-order valence-corrected chi connectivity index (χ0v) is 22.9. The van der Waals surface area contributed by atoms with E-state index in [0.717, 1.165) is 16.0 Å². The number of urea groups is 1. The van der Waals surface area contributed by atoms with E-state index in [2.05, 4.69) is 5.32 Å². The number of barbiturate groups is 1. The Kier molecular flexibility index (Phi) is 8.09. The summed E-state index contributed by atoms with van der Waals surface area (Å²) in [5, 5.41) is 2.80. The molecule has 196 valence electrons. The number of benzene rings is 3. The maximum absolute atomic E-state index is 13.3. The zero-order chi connectivity index (χ0) is 27.6. The summed E-state index contributed by atoms with van der Waals surface area (Å²) in [4.78, 5) is 39.5. The summed E-state index contributed by atoms with van der Waals surface area (Å²) >= 11 is 12.7. The van der Waals surface area contributed by atoms with Crippen molar-refractivity contribution in [3.63, 3.8) is 0 Å². The lowest BCUT2D eigenvalue weighted by molar-refractivity contribution is -0.122. The van der Waals surface area contributed by atoms with Crippen LogP contribution in [-0.2, 0) is 16.2 Å². The van der Waals surface area contributed by atoms with Crippen molar-refractivity contribution in [2.75, 3.05) is 11.5 Å². The molecular weight excluding hydrogens is 527 g/mol. The number of carbonyl (C=O) groups excluding carboxylic acids is 3. The molecule has 3 aromatic rings. The Balaban J connectivity index is 1.67. The molecule has 0 saturated carbocycles. The Hall–Kier alpha value is -3.81. The summed E-state index contributed by atoms with van der Waals surface area (Å²) < 4.78 is 11.8. The van der Waals surface area contributed by atoms with Gasteiger partial charge in [0, 0.05) is 5.02 Å². The van der Waals surface area contributed by atoms with Crippen molar-refractivity contribution in [2.24, 2.45) is 0 Å². The third-order valence-corrected chi connectivity index (χ3v) is 6.63. The predicted octanol–water partition coefficient (Wildman–Crippen LogP) is 6.56. The van der Waals surface area contributed by atoms with E-state index in [1.165, 1.54) is 17.7 Å². The van der Waals surface area contributed by atoms with Crippen LogP contribution in [0.3, 0.4) is 0 Å². The molecule has 7 nitrogen and oxygen atoms in total. The van der Waals surface area contributed by atoms with E-state index in [1.807, 2.05) is 39.0 Å². The van der Waals surface area contributed by atoms with Gasteiger partial charge in [0.05, 0.1) is 17.3 Å². The molecule has 0 atom stereocenters. The average Bonchev–Trinajstić information content (AvgIpc) is 2.85. The van der Waals surface area contributed by atoms with Crippen LogP contribution in [0.1, 0.15) is 34.7 Å². The molecule has 1 fully saturated rings. The number of anilines is 1. The number of aryl methyl sites for hydroxylation is 3. The highest BCUT2D eigenvalue weighted by Crippen LogP contribution is 2.38. The molecule has 0 radical (unpaired) electrons. The Bertz CT molecular complexity index is 1480. The fraction of sp³-hybridized carbons (Fsp3) is 0.207. The zero-order valence-electron chi connectivity index (χ0n) is 21.4. The van der Waals surface area contributed by atoms with Crippen molar-refractivity contribution in [1.29, 1.82) is 0 Å². The van der Waals surface area contributed by atoms with E-state index in [4.69, 9.17) is 32.7 Å². The van der Waals surface area contributed by atoms with Gasteiger partial charge in [-0.15, -0.1) is 0 Å². The van der Waals surface area contributed by atoms with E-state index < -0.39 is 17.8 Å². The van der Waals surface area contributed by atoms with Gasteiger partial charge in [0.15, 0.2) is 11.5 Å². The second kappa shape index (κ2) is 11.3. The van der Waals surface area contributed by atoms with Gasteiger partial charge in [-0.2, -0.15) is 0 Å². The highest BCUT2D eigenvalue weighted by Gasteiger charge is 2.37. The molecule has 0 aliphatic carbocycles. The third-order valence-electron chi connectivity index (χ3n) is 6.11. The number of amides is 4. The largest absolute Gasteiger partial charge is 0.490 e. The minimum Gasteiger partial charge on any atom is -0.490 e. The fourth-order valence-corrected chi connectivity index (χ4v) is 4.43. The molecule has 0 bridgehead atoms. The molecule has 1 heterocycles. The van der Waals surface area contributed by atoms with Crippen molar-refractivity contribution in [1.82, 2.24) is 5.32 Å². The molecule has 1 N–H and O–H groups in total. The van der Waals surface area contributed by atoms with Crippen LogP contribution in [0.25, 0.3) is 6.08 Å². The number of hydrogen-bond donors (Lipinski definition) is 1. The molecule has 1 aliphatic rings. The van der Waals surface area contributed by atoms with Gasteiger partial charge >= 0.3 is 6.03 Å². The van der Waals surface area contributed by atoms with Crippen LogP contribution in [0.15, 0.2) is 54.1 Å². The van der Waals surface area contributed by atoms with Crippen LogP contribution < -0.4 is 19.7 Å². The van der Waals surface area contributed by atoms with Crippen LogP contribution in [0.5, 0.6) is 11.5 Å². The van der Waals surface area contributed by atoms with Crippen molar-refractivity contribution >= 4 is 52.8 Å². The first kappa shape index (κ1) is 27.2. The van der Waals surface area contributed by atoms with Gasteiger partial charge in [-0.3, -0.25) is 14.9 Å². The van der Waals surface area contributed by atoms with E-state index in [1.54, 1.807) is 31.2 Å². The van der Waals surface area contributed by atoms with Crippen LogP contribution in [0, 0.1) is 20.8 Å². The van der Waals surface area contributed by atoms with Crippen LogP contribution >= 0.6 is 23.2 Å². The van der Waals surface area contributed by atoms with E-state index >= 15 is 0 Å². The first-order chi connectivity index (χ1) is 18.1. The Labute approximate surface area is 230 Å². The monoisotopic (exact) mass is 552 g/mol. The van der Waals surface area contributed by atoms with Gasteiger partial charge in [-0.05, 0) is 85.9 Å². The molecule has 0 unspecified atom stereocenters. The molecule has 4 amide bonds. The summed E-state index contributed by atoms with van der Waals surface area (Å²) in [6, 6.07) is 13.2. The second-order valence-electron chi connectivity index (χ2n) is 8.86. The number of hydrogen-bond acceptors (Lipinski definition) is 5. The summed E-state index contributed by atoms with van der Waals surface area (Å²) in [5.41, 5.74) is 4.41. The number of nitrogens with one attached hydrogen (secondary N) is 1.